The van der Waals surface area contributed by atoms with E-state index < -0.39 is 10.2 Å². The highest BCUT2D eigenvalue weighted by molar-refractivity contribution is 7.87. The number of nitrogens with one attached hydrogen (secondary N) is 1. The smallest absolute Gasteiger partial charge is 0.279 e. The number of rotatable bonds is 6. The second-order valence-corrected chi connectivity index (χ2v) is 7.51. The maximum Gasteiger partial charge on any atom is 0.279 e. The molecular weight excluding hydrogens is 302 g/mol. The predicted molar refractivity (Wildman–Crippen MR) is 86.9 cm³/mol. The Labute approximate surface area is 133 Å². The minimum Gasteiger partial charge on any atom is -0.379 e. The summed E-state index contributed by atoms with van der Waals surface area (Å²) in [5, 5.41) is 0. The molecule has 7 heteroatoms. The van der Waals surface area contributed by atoms with Crippen LogP contribution in [0.25, 0.3) is 0 Å². The van der Waals surface area contributed by atoms with E-state index in [2.05, 4.69) is 4.72 Å². The standard InChI is InChI=1S/C15H25N3O3S/c1-13-4-6-14(7-5-13)15(17(2)3)12-16-22(19,20)18-8-10-21-11-9-18/h4-7,15-16H,8-12H2,1-3H3/t15-/m0/s1. The van der Waals surface area contributed by atoms with Gasteiger partial charge in [0.15, 0.2) is 0 Å². The first-order chi connectivity index (χ1) is 10.4. The van der Waals surface area contributed by atoms with Gasteiger partial charge in [-0.2, -0.15) is 12.7 Å². The van der Waals surface area contributed by atoms with Crippen molar-refractivity contribution in [1.82, 2.24) is 13.9 Å². The molecule has 1 atom stereocenters. The highest BCUT2D eigenvalue weighted by atomic mass is 32.2. The summed E-state index contributed by atoms with van der Waals surface area (Å²) in [7, 11) is 0.452. The van der Waals surface area contributed by atoms with Crippen LogP contribution in [0.2, 0.25) is 0 Å². The van der Waals surface area contributed by atoms with Crippen LogP contribution in [0, 0.1) is 6.92 Å². The average Bonchev–Trinajstić information content (AvgIpc) is 2.50. The van der Waals surface area contributed by atoms with E-state index in [4.69, 9.17) is 4.74 Å². The molecule has 0 unspecified atom stereocenters. The van der Waals surface area contributed by atoms with E-state index in [0.717, 1.165) is 5.56 Å². The van der Waals surface area contributed by atoms with E-state index in [0.29, 0.717) is 32.8 Å². The number of likely N-dealkylation sites (N-methyl/N-ethyl adjacent to an activating group) is 1. The van der Waals surface area contributed by atoms with Gasteiger partial charge >= 0.3 is 0 Å². The van der Waals surface area contributed by atoms with Crippen molar-refractivity contribution in [3.05, 3.63) is 35.4 Å². The molecule has 1 fully saturated rings. The Bertz CT molecular complexity index is 566. The second-order valence-electron chi connectivity index (χ2n) is 5.76. The van der Waals surface area contributed by atoms with Crippen molar-refractivity contribution in [3.8, 4) is 0 Å². The van der Waals surface area contributed by atoms with E-state index in [-0.39, 0.29) is 6.04 Å². The van der Waals surface area contributed by atoms with Crippen LogP contribution in [0.1, 0.15) is 17.2 Å². The van der Waals surface area contributed by atoms with Crippen LogP contribution < -0.4 is 4.72 Å². The van der Waals surface area contributed by atoms with Crippen molar-refractivity contribution in [2.45, 2.75) is 13.0 Å². The summed E-state index contributed by atoms with van der Waals surface area (Å²) in [6.07, 6.45) is 0. The van der Waals surface area contributed by atoms with Crippen LogP contribution >= 0.6 is 0 Å². The van der Waals surface area contributed by atoms with Crippen LogP contribution in [0.3, 0.4) is 0 Å². The molecule has 0 aliphatic carbocycles. The molecule has 6 nitrogen and oxygen atoms in total. The lowest BCUT2D eigenvalue weighted by molar-refractivity contribution is 0.0724. The first-order valence-corrected chi connectivity index (χ1v) is 8.89. The van der Waals surface area contributed by atoms with Crippen molar-refractivity contribution in [1.29, 1.82) is 0 Å². The summed E-state index contributed by atoms with van der Waals surface area (Å²) >= 11 is 0. The quantitative estimate of drug-likeness (QED) is 0.838. The molecule has 1 heterocycles. The maximum absolute atomic E-state index is 12.3. The molecule has 1 saturated heterocycles. The van der Waals surface area contributed by atoms with Gasteiger partial charge in [0, 0.05) is 25.7 Å². The Morgan fingerprint density at radius 3 is 2.36 bits per heavy atom. The van der Waals surface area contributed by atoms with Crippen LogP contribution in [0.4, 0.5) is 0 Å². The molecule has 1 aromatic rings. The van der Waals surface area contributed by atoms with Crippen LogP contribution in [-0.2, 0) is 14.9 Å². The SMILES string of the molecule is Cc1ccc([C@H](CNS(=O)(=O)N2CCOCC2)N(C)C)cc1. The third-order valence-corrected chi connectivity index (χ3v) is 5.43. The van der Waals surface area contributed by atoms with E-state index in [1.54, 1.807) is 0 Å². The van der Waals surface area contributed by atoms with E-state index in [9.17, 15) is 8.42 Å². The number of nitrogens with zero attached hydrogens (tertiary/aromatic N) is 2. The normalized spacial score (nSPS) is 18.5. The maximum atomic E-state index is 12.3. The lowest BCUT2D eigenvalue weighted by Gasteiger charge is -2.29. The number of morpholine rings is 1. The largest absolute Gasteiger partial charge is 0.379 e. The summed E-state index contributed by atoms with van der Waals surface area (Å²) in [6, 6.07) is 8.17. The molecule has 1 aliphatic rings. The molecule has 1 aromatic carbocycles. The van der Waals surface area contributed by atoms with Gasteiger partial charge in [-0.25, -0.2) is 4.72 Å². The molecule has 0 saturated carbocycles. The topological polar surface area (TPSA) is 61.9 Å². The van der Waals surface area contributed by atoms with Gasteiger partial charge in [-0.1, -0.05) is 29.8 Å². The number of ether oxygens (including phenoxy) is 1. The van der Waals surface area contributed by atoms with Gasteiger partial charge in [0.1, 0.15) is 0 Å². The van der Waals surface area contributed by atoms with Crippen molar-refractivity contribution in [3.63, 3.8) is 0 Å². The van der Waals surface area contributed by atoms with E-state index in [1.165, 1.54) is 9.87 Å². The van der Waals surface area contributed by atoms with Gasteiger partial charge in [0.2, 0.25) is 0 Å². The molecule has 1 N–H and O–H groups in total. The Kier molecular flexibility index (Phi) is 5.94. The Balaban J connectivity index is 2.03. The summed E-state index contributed by atoms with van der Waals surface area (Å²) in [4.78, 5) is 2.02. The van der Waals surface area contributed by atoms with Crippen LogP contribution in [0.5, 0.6) is 0 Å². The average molecular weight is 327 g/mol. The van der Waals surface area contributed by atoms with Crippen molar-refractivity contribution in [2.24, 2.45) is 0 Å². The summed E-state index contributed by atoms with van der Waals surface area (Å²) < 4.78 is 34.0. The first-order valence-electron chi connectivity index (χ1n) is 7.45. The molecule has 0 bridgehead atoms. The zero-order valence-electron chi connectivity index (χ0n) is 13.4. The molecule has 22 heavy (non-hydrogen) atoms. The highest BCUT2D eigenvalue weighted by Crippen LogP contribution is 2.18. The van der Waals surface area contributed by atoms with Crippen molar-refractivity contribution >= 4 is 10.2 Å². The molecule has 0 aromatic heterocycles. The summed E-state index contributed by atoms with van der Waals surface area (Å²) in [5.41, 5.74) is 2.29. The van der Waals surface area contributed by atoms with Crippen LogP contribution in [0.15, 0.2) is 24.3 Å². The molecule has 2 rings (SSSR count). The highest BCUT2D eigenvalue weighted by Gasteiger charge is 2.25. The fourth-order valence-electron chi connectivity index (χ4n) is 2.45. The van der Waals surface area contributed by atoms with Gasteiger partial charge in [0.25, 0.3) is 10.2 Å². The van der Waals surface area contributed by atoms with Gasteiger partial charge in [0.05, 0.1) is 13.2 Å². The third kappa shape index (κ3) is 4.50. The minimum atomic E-state index is -3.45. The summed E-state index contributed by atoms with van der Waals surface area (Å²) in [6.45, 7) is 4.11. The van der Waals surface area contributed by atoms with Crippen LogP contribution in [-0.4, -0.2) is 64.6 Å². The molecular formula is C15H25N3O3S. The number of benzene rings is 1. The Morgan fingerprint density at radius 2 is 1.82 bits per heavy atom. The van der Waals surface area contributed by atoms with Gasteiger partial charge in [-0.05, 0) is 26.6 Å². The second kappa shape index (κ2) is 7.52. The fourth-order valence-corrected chi connectivity index (χ4v) is 3.63. The number of hydrogen-bond donors (Lipinski definition) is 1. The van der Waals surface area contributed by atoms with E-state index in [1.807, 2.05) is 50.2 Å². The molecule has 1 aliphatic heterocycles. The molecule has 124 valence electrons. The first kappa shape index (κ1) is 17.4. The number of hydrogen-bond acceptors (Lipinski definition) is 4. The van der Waals surface area contributed by atoms with Crippen molar-refractivity contribution in [2.75, 3.05) is 46.9 Å². The minimum absolute atomic E-state index is 0.00332. The lowest BCUT2D eigenvalue weighted by atomic mass is 10.0. The third-order valence-electron chi connectivity index (χ3n) is 3.85. The zero-order chi connectivity index (χ0) is 16.2. The Hall–Kier alpha value is -0.990. The molecule has 0 amide bonds. The summed E-state index contributed by atoms with van der Waals surface area (Å²) in [5.74, 6) is 0. The van der Waals surface area contributed by atoms with E-state index >= 15 is 0 Å². The number of aryl methyl sites for hydroxylation is 1. The lowest BCUT2D eigenvalue weighted by Crippen LogP contribution is -2.48. The van der Waals surface area contributed by atoms with Gasteiger partial charge in [-0.15, -0.1) is 0 Å². The zero-order valence-corrected chi connectivity index (χ0v) is 14.3. The predicted octanol–water partition coefficient (Wildman–Crippen LogP) is 0.764. The van der Waals surface area contributed by atoms with Gasteiger partial charge < -0.3 is 9.64 Å². The molecule has 0 spiro atoms. The van der Waals surface area contributed by atoms with Crippen molar-refractivity contribution < 1.29 is 13.2 Å². The monoisotopic (exact) mass is 327 g/mol. The molecule has 0 radical (unpaired) electrons. The Morgan fingerprint density at radius 1 is 1.23 bits per heavy atom. The fraction of sp³-hybridized carbons (Fsp3) is 0.600. The van der Waals surface area contributed by atoms with Gasteiger partial charge in [-0.3, -0.25) is 0 Å².